The van der Waals surface area contributed by atoms with Crippen LogP contribution in [0.25, 0.3) is 0 Å². The fourth-order valence-electron chi connectivity index (χ4n) is 3.67. The molecule has 0 unspecified atom stereocenters. The molecule has 0 aliphatic rings. The van der Waals surface area contributed by atoms with E-state index in [0.29, 0.717) is 11.6 Å². The van der Waals surface area contributed by atoms with Gasteiger partial charge in [-0.2, -0.15) is 26.3 Å². The van der Waals surface area contributed by atoms with E-state index < -0.39 is 29.5 Å². The third kappa shape index (κ3) is 7.71. The molecule has 1 amide bonds. The molecule has 198 valence electrons. The largest absolute Gasteiger partial charge is 0.433 e. The number of hydrogen-bond donors (Lipinski definition) is 0. The number of amides is 1. The number of aromatic nitrogens is 1. The molecule has 0 saturated carbocycles. The number of halogens is 7. The Hall–Kier alpha value is -3.07. The highest BCUT2D eigenvalue weighted by Gasteiger charge is 2.33. The summed E-state index contributed by atoms with van der Waals surface area (Å²) in [4.78, 5) is 18.3. The van der Waals surface area contributed by atoms with Crippen LogP contribution in [0, 0.1) is 0 Å². The van der Waals surface area contributed by atoms with E-state index in [1.54, 1.807) is 0 Å². The quantitative estimate of drug-likeness (QED) is 0.296. The molecule has 0 aliphatic carbocycles. The van der Waals surface area contributed by atoms with E-state index in [0.717, 1.165) is 23.8 Å². The number of benzene rings is 2. The van der Waals surface area contributed by atoms with Crippen LogP contribution in [0.4, 0.5) is 26.3 Å². The van der Waals surface area contributed by atoms with Gasteiger partial charge in [-0.25, -0.2) is 4.98 Å². The Morgan fingerprint density at radius 3 is 2.08 bits per heavy atom. The molecule has 0 N–H and O–H groups in total. The van der Waals surface area contributed by atoms with Gasteiger partial charge < -0.3 is 4.90 Å². The molecule has 37 heavy (non-hydrogen) atoms. The summed E-state index contributed by atoms with van der Waals surface area (Å²) in [5.41, 5.74) is -0.676. The smallest absolute Gasteiger partial charge is 0.334 e. The van der Waals surface area contributed by atoms with Gasteiger partial charge in [-0.15, -0.1) is 0 Å². The molecule has 2 aromatic carbocycles. The summed E-state index contributed by atoms with van der Waals surface area (Å²) in [7, 11) is 0. The summed E-state index contributed by atoms with van der Waals surface area (Å²) < 4.78 is 79.1. The van der Waals surface area contributed by atoms with Gasteiger partial charge in [-0.3, -0.25) is 4.79 Å². The minimum Gasteiger partial charge on any atom is -0.334 e. The molecule has 0 aliphatic heterocycles. The van der Waals surface area contributed by atoms with Gasteiger partial charge in [-0.05, 0) is 46.9 Å². The third-order valence-electron chi connectivity index (χ3n) is 5.69. The second kappa shape index (κ2) is 10.7. The molecule has 0 fully saturated rings. The van der Waals surface area contributed by atoms with Gasteiger partial charge in [0, 0.05) is 35.8 Å². The lowest BCUT2D eigenvalue weighted by molar-refractivity contribution is -0.141. The average molecular weight is 543 g/mol. The van der Waals surface area contributed by atoms with Crippen molar-refractivity contribution in [2.45, 2.75) is 51.5 Å². The first-order chi connectivity index (χ1) is 17.0. The van der Waals surface area contributed by atoms with Crippen LogP contribution in [0.15, 0.2) is 60.7 Å². The normalized spacial score (nSPS) is 12.5. The van der Waals surface area contributed by atoms with Crippen LogP contribution >= 0.6 is 11.6 Å². The number of hydrogen-bond acceptors (Lipinski definition) is 2. The van der Waals surface area contributed by atoms with Gasteiger partial charge >= 0.3 is 12.4 Å². The predicted octanol–water partition coefficient (Wildman–Crippen LogP) is 7.96. The van der Waals surface area contributed by atoms with Crippen molar-refractivity contribution in [2.75, 3.05) is 6.54 Å². The number of carbonyl (C=O) groups excluding carboxylic acids is 1. The Labute approximate surface area is 216 Å². The monoisotopic (exact) mass is 542 g/mol. The van der Waals surface area contributed by atoms with E-state index in [9.17, 15) is 31.1 Å². The van der Waals surface area contributed by atoms with Crippen molar-refractivity contribution in [3.63, 3.8) is 0 Å². The maximum atomic E-state index is 13.4. The molecule has 3 nitrogen and oxygen atoms in total. The summed E-state index contributed by atoms with van der Waals surface area (Å²) in [5, 5.41) is -0.257. The van der Waals surface area contributed by atoms with Crippen molar-refractivity contribution in [2.24, 2.45) is 0 Å². The Morgan fingerprint density at radius 1 is 0.865 bits per heavy atom. The Kier molecular flexibility index (Phi) is 8.27. The molecule has 0 radical (unpaired) electrons. The molecule has 3 rings (SSSR count). The van der Waals surface area contributed by atoms with Crippen LogP contribution in [-0.4, -0.2) is 22.3 Å². The standard InChI is InChI=1S/C27H25ClF6N2O/c1-25(2,3)19-9-7-17(8-10-19)16-36(12-11-22-5-4-6-23(35-22)27(32,33)34)24(37)18-13-20(26(29,30)31)15-21(28)14-18/h4-10,13-15H,11-12,16H2,1-3H3. The van der Waals surface area contributed by atoms with Gasteiger partial charge in [-0.1, -0.05) is 62.7 Å². The first kappa shape index (κ1) is 28.5. The molecule has 1 aromatic heterocycles. The molecule has 3 aromatic rings. The third-order valence-corrected chi connectivity index (χ3v) is 5.91. The van der Waals surface area contributed by atoms with Crippen molar-refractivity contribution in [3.8, 4) is 0 Å². The van der Waals surface area contributed by atoms with Crippen molar-refractivity contribution in [3.05, 3.63) is 99.3 Å². The van der Waals surface area contributed by atoms with E-state index in [4.69, 9.17) is 11.6 Å². The molecule has 0 atom stereocenters. The molecule has 0 bridgehead atoms. The summed E-state index contributed by atoms with van der Waals surface area (Å²) in [5.74, 6) is -0.736. The number of rotatable bonds is 6. The molecule has 1 heterocycles. The van der Waals surface area contributed by atoms with Gasteiger partial charge in [0.15, 0.2) is 0 Å². The lowest BCUT2D eigenvalue weighted by atomic mass is 9.87. The van der Waals surface area contributed by atoms with Gasteiger partial charge in [0.1, 0.15) is 5.69 Å². The summed E-state index contributed by atoms with van der Waals surface area (Å²) >= 11 is 5.87. The van der Waals surface area contributed by atoms with Crippen LogP contribution in [-0.2, 0) is 30.7 Å². The van der Waals surface area contributed by atoms with Crippen LogP contribution in [0.1, 0.15) is 59.2 Å². The van der Waals surface area contributed by atoms with Gasteiger partial charge in [0.2, 0.25) is 0 Å². The number of pyridine rings is 1. The maximum absolute atomic E-state index is 13.4. The molecule has 0 saturated heterocycles. The van der Waals surface area contributed by atoms with E-state index >= 15 is 0 Å². The Bertz CT molecular complexity index is 1250. The average Bonchev–Trinajstić information content (AvgIpc) is 2.79. The van der Waals surface area contributed by atoms with Gasteiger partial charge in [0.25, 0.3) is 5.91 Å². The second-order valence-corrected chi connectivity index (χ2v) is 10.1. The molecular formula is C27H25ClF6N2O. The van der Waals surface area contributed by atoms with Crippen LogP contribution in [0.2, 0.25) is 5.02 Å². The van der Waals surface area contributed by atoms with Crippen LogP contribution in [0.3, 0.4) is 0 Å². The number of nitrogens with zero attached hydrogens (tertiary/aromatic N) is 2. The summed E-state index contributed by atoms with van der Waals surface area (Å²) in [6.07, 6.45) is -9.38. The lowest BCUT2D eigenvalue weighted by Gasteiger charge is -2.25. The van der Waals surface area contributed by atoms with Crippen molar-refractivity contribution in [1.82, 2.24) is 9.88 Å². The predicted molar refractivity (Wildman–Crippen MR) is 129 cm³/mol. The van der Waals surface area contributed by atoms with Crippen molar-refractivity contribution < 1.29 is 31.1 Å². The maximum Gasteiger partial charge on any atom is 0.433 e. The lowest BCUT2D eigenvalue weighted by Crippen LogP contribution is -2.33. The minimum atomic E-state index is -4.71. The zero-order valence-corrected chi connectivity index (χ0v) is 21.1. The van der Waals surface area contributed by atoms with E-state index in [-0.39, 0.29) is 41.2 Å². The van der Waals surface area contributed by atoms with Crippen molar-refractivity contribution >= 4 is 17.5 Å². The zero-order chi connectivity index (χ0) is 27.6. The SMILES string of the molecule is CC(C)(C)c1ccc(CN(CCc2cccc(C(F)(F)F)n2)C(=O)c2cc(Cl)cc(C(F)(F)F)c2)cc1. The van der Waals surface area contributed by atoms with Crippen LogP contribution < -0.4 is 0 Å². The molecular weight excluding hydrogens is 518 g/mol. The highest BCUT2D eigenvalue weighted by Crippen LogP contribution is 2.32. The Balaban J connectivity index is 1.92. The highest BCUT2D eigenvalue weighted by molar-refractivity contribution is 6.31. The number of alkyl halides is 6. The van der Waals surface area contributed by atoms with Crippen molar-refractivity contribution in [1.29, 1.82) is 0 Å². The van der Waals surface area contributed by atoms with E-state index in [2.05, 4.69) is 4.98 Å². The summed E-state index contributed by atoms with van der Waals surface area (Å²) in [6.45, 7) is 6.06. The molecule has 0 spiro atoms. The topological polar surface area (TPSA) is 33.2 Å². The zero-order valence-electron chi connectivity index (χ0n) is 20.3. The molecule has 10 heteroatoms. The summed E-state index contributed by atoms with van der Waals surface area (Å²) in [6, 6.07) is 13.4. The highest BCUT2D eigenvalue weighted by atomic mass is 35.5. The van der Waals surface area contributed by atoms with Crippen LogP contribution in [0.5, 0.6) is 0 Å². The fourth-order valence-corrected chi connectivity index (χ4v) is 3.90. The minimum absolute atomic E-state index is 0.0239. The van der Waals surface area contributed by atoms with E-state index in [1.807, 2.05) is 45.0 Å². The first-order valence-electron chi connectivity index (χ1n) is 11.3. The first-order valence-corrected chi connectivity index (χ1v) is 11.7. The van der Waals surface area contributed by atoms with E-state index in [1.165, 1.54) is 17.0 Å². The second-order valence-electron chi connectivity index (χ2n) is 9.66. The van der Waals surface area contributed by atoms with Gasteiger partial charge in [0.05, 0.1) is 5.56 Å². The fraction of sp³-hybridized carbons (Fsp3) is 0.333. The Morgan fingerprint density at radius 2 is 1.51 bits per heavy atom. The number of carbonyl (C=O) groups is 1.